The van der Waals surface area contributed by atoms with Gasteiger partial charge in [-0.2, -0.15) is 5.10 Å². The number of hydrogen-bond donors (Lipinski definition) is 1. The SMILES string of the molecule is O=C(CN1CCOCC1)N1CCN(C(=O)c2cc(-c3ccc(F)cc3)n[nH]2)CC1. The first-order valence-electron chi connectivity index (χ1n) is 9.78. The molecule has 2 saturated heterocycles. The van der Waals surface area contributed by atoms with Crippen molar-refractivity contribution in [2.75, 3.05) is 59.0 Å². The van der Waals surface area contributed by atoms with Crippen LogP contribution < -0.4 is 0 Å². The lowest BCUT2D eigenvalue weighted by molar-refractivity contribution is -0.134. The van der Waals surface area contributed by atoms with E-state index in [1.807, 2.05) is 4.90 Å². The fourth-order valence-corrected chi connectivity index (χ4v) is 3.58. The number of aromatic amines is 1. The van der Waals surface area contributed by atoms with E-state index >= 15 is 0 Å². The van der Waals surface area contributed by atoms with Crippen LogP contribution in [0.25, 0.3) is 11.3 Å². The number of carbonyl (C=O) groups excluding carboxylic acids is 2. The summed E-state index contributed by atoms with van der Waals surface area (Å²) in [7, 11) is 0. The summed E-state index contributed by atoms with van der Waals surface area (Å²) in [5.74, 6) is -0.369. The van der Waals surface area contributed by atoms with Gasteiger partial charge in [0, 0.05) is 44.8 Å². The van der Waals surface area contributed by atoms with Crippen LogP contribution in [-0.2, 0) is 9.53 Å². The van der Waals surface area contributed by atoms with E-state index < -0.39 is 0 Å². The number of benzene rings is 1. The van der Waals surface area contributed by atoms with Crippen molar-refractivity contribution in [1.29, 1.82) is 0 Å². The van der Waals surface area contributed by atoms with Gasteiger partial charge < -0.3 is 14.5 Å². The Balaban J connectivity index is 1.31. The Hall–Kier alpha value is -2.78. The lowest BCUT2D eigenvalue weighted by atomic mass is 10.1. The van der Waals surface area contributed by atoms with Crippen molar-refractivity contribution in [3.63, 3.8) is 0 Å². The fourth-order valence-electron chi connectivity index (χ4n) is 3.58. The predicted molar refractivity (Wildman–Crippen MR) is 104 cm³/mol. The van der Waals surface area contributed by atoms with Crippen LogP contribution in [0.15, 0.2) is 30.3 Å². The molecule has 154 valence electrons. The van der Waals surface area contributed by atoms with Crippen molar-refractivity contribution in [1.82, 2.24) is 24.9 Å². The monoisotopic (exact) mass is 401 g/mol. The van der Waals surface area contributed by atoms with Gasteiger partial charge in [0.15, 0.2) is 0 Å². The van der Waals surface area contributed by atoms with Crippen LogP contribution in [0.2, 0.25) is 0 Å². The second-order valence-corrected chi connectivity index (χ2v) is 7.24. The zero-order valence-corrected chi connectivity index (χ0v) is 16.1. The molecule has 0 radical (unpaired) electrons. The summed E-state index contributed by atoms with van der Waals surface area (Å²) < 4.78 is 18.4. The maximum absolute atomic E-state index is 13.1. The molecular weight excluding hydrogens is 377 g/mol. The zero-order valence-electron chi connectivity index (χ0n) is 16.1. The van der Waals surface area contributed by atoms with Gasteiger partial charge in [0.1, 0.15) is 11.5 Å². The number of amides is 2. The number of carbonyl (C=O) groups is 2. The fraction of sp³-hybridized carbons (Fsp3) is 0.450. The Morgan fingerprint density at radius 2 is 1.66 bits per heavy atom. The Morgan fingerprint density at radius 3 is 2.34 bits per heavy atom. The molecule has 1 N–H and O–H groups in total. The summed E-state index contributed by atoms with van der Waals surface area (Å²) in [4.78, 5) is 30.9. The van der Waals surface area contributed by atoms with Gasteiger partial charge in [-0.05, 0) is 30.3 Å². The number of nitrogens with one attached hydrogen (secondary N) is 1. The Bertz CT molecular complexity index is 855. The average Bonchev–Trinajstić information content (AvgIpc) is 3.25. The summed E-state index contributed by atoms with van der Waals surface area (Å²) in [6.07, 6.45) is 0. The molecule has 8 nitrogen and oxygen atoms in total. The quantitative estimate of drug-likeness (QED) is 0.821. The molecule has 2 amide bonds. The number of nitrogens with zero attached hydrogens (tertiary/aromatic N) is 4. The van der Waals surface area contributed by atoms with Gasteiger partial charge in [-0.1, -0.05) is 0 Å². The average molecular weight is 401 g/mol. The van der Waals surface area contributed by atoms with Crippen molar-refractivity contribution in [3.8, 4) is 11.3 Å². The van der Waals surface area contributed by atoms with Crippen LogP contribution in [0, 0.1) is 5.82 Å². The van der Waals surface area contributed by atoms with E-state index in [1.54, 1.807) is 23.1 Å². The Labute approximate surface area is 168 Å². The number of rotatable bonds is 4. The highest BCUT2D eigenvalue weighted by Gasteiger charge is 2.27. The molecule has 2 fully saturated rings. The summed E-state index contributed by atoms with van der Waals surface area (Å²) in [6.45, 7) is 5.30. The number of ether oxygens (including phenoxy) is 1. The summed E-state index contributed by atoms with van der Waals surface area (Å²) in [6, 6.07) is 7.64. The number of aromatic nitrogens is 2. The normalized spacial score (nSPS) is 18.1. The number of H-pyrrole nitrogens is 1. The summed E-state index contributed by atoms with van der Waals surface area (Å²) in [5, 5.41) is 6.94. The van der Waals surface area contributed by atoms with E-state index in [2.05, 4.69) is 15.1 Å². The maximum Gasteiger partial charge on any atom is 0.272 e. The molecule has 0 unspecified atom stereocenters. The third kappa shape index (κ3) is 4.63. The molecule has 2 aliphatic rings. The van der Waals surface area contributed by atoms with Crippen molar-refractivity contribution in [2.24, 2.45) is 0 Å². The summed E-state index contributed by atoms with van der Waals surface area (Å²) >= 11 is 0. The predicted octanol–water partition coefficient (Wildman–Crippen LogP) is 0.832. The first kappa shape index (κ1) is 19.5. The minimum Gasteiger partial charge on any atom is -0.379 e. The highest BCUT2D eigenvalue weighted by Crippen LogP contribution is 2.19. The Kier molecular flexibility index (Phi) is 5.86. The van der Waals surface area contributed by atoms with Crippen LogP contribution >= 0.6 is 0 Å². The highest BCUT2D eigenvalue weighted by atomic mass is 19.1. The van der Waals surface area contributed by atoms with E-state index in [4.69, 9.17) is 4.74 Å². The van der Waals surface area contributed by atoms with Crippen LogP contribution in [0.5, 0.6) is 0 Å². The zero-order chi connectivity index (χ0) is 20.2. The standard InChI is InChI=1S/C20H24FN5O3/c21-16-3-1-15(2-4-16)17-13-18(23-22-17)20(28)26-7-5-25(6-8-26)19(27)14-24-9-11-29-12-10-24/h1-4,13H,5-12,14H2,(H,22,23). The number of hydrogen-bond acceptors (Lipinski definition) is 5. The third-order valence-electron chi connectivity index (χ3n) is 5.33. The van der Waals surface area contributed by atoms with Crippen LogP contribution in [-0.4, -0.2) is 95.7 Å². The van der Waals surface area contributed by atoms with Gasteiger partial charge in [-0.3, -0.25) is 19.6 Å². The third-order valence-corrected chi connectivity index (χ3v) is 5.33. The topological polar surface area (TPSA) is 81.8 Å². The van der Waals surface area contributed by atoms with Crippen molar-refractivity contribution < 1.29 is 18.7 Å². The molecule has 0 aliphatic carbocycles. The minimum atomic E-state index is -0.318. The molecule has 0 bridgehead atoms. The molecule has 0 saturated carbocycles. The van der Waals surface area contributed by atoms with Gasteiger partial charge in [-0.15, -0.1) is 0 Å². The van der Waals surface area contributed by atoms with E-state index in [1.165, 1.54) is 12.1 Å². The van der Waals surface area contributed by atoms with Gasteiger partial charge in [0.25, 0.3) is 5.91 Å². The molecular formula is C20H24FN5O3. The highest BCUT2D eigenvalue weighted by molar-refractivity contribution is 5.93. The Morgan fingerprint density at radius 1 is 1.00 bits per heavy atom. The molecule has 4 rings (SSSR count). The molecule has 0 atom stereocenters. The van der Waals surface area contributed by atoms with E-state index in [0.717, 1.165) is 18.7 Å². The number of morpholine rings is 1. The van der Waals surface area contributed by atoms with Crippen LogP contribution in [0.3, 0.4) is 0 Å². The molecule has 1 aromatic heterocycles. The van der Waals surface area contributed by atoms with Gasteiger partial charge in [0.2, 0.25) is 5.91 Å². The number of halogens is 1. The largest absolute Gasteiger partial charge is 0.379 e. The first-order chi connectivity index (χ1) is 14.1. The minimum absolute atomic E-state index is 0.0964. The second-order valence-electron chi connectivity index (χ2n) is 7.24. The lowest BCUT2D eigenvalue weighted by Gasteiger charge is -2.36. The molecule has 9 heteroatoms. The smallest absolute Gasteiger partial charge is 0.272 e. The molecule has 2 aromatic rings. The van der Waals surface area contributed by atoms with E-state index in [9.17, 15) is 14.0 Å². The molecule has 3 heterocycles. The first-order valence-corrected chi connectivity index (χ1v) is 9.78. The molecule has 29 heavy (non-hydrogen) atoms. The second kappa shape index (κ2) is 8.71. The lowest BCUT2D eigenvalue weighted by Crippen LogP contribution is -2.53. The molecule has 1 aromatic carbocycles. The molecule has 2 aliphatic heterocycles. The summed E-state index contributed by atoms with van der Waals surface area (Å²) in [5.41, 5.74) is 1.71. The van der Waals surface area contributed by atoms with Crippen molar-refractivity contribution in [3.05, 3.63) is 41.8 Å². The van der Waals surface area contributed by atoms with Crippen LogP contribution in [0.4, 0.5) is 4.39 Å². The van der Waals surface area contributed by atoms with E-state index in [0.29, 0.717) is 57.3 Å². The van der Waals surface area contributed by atoms with Gasteiger partial charge in [-0.25, -0.2) is 4.39 Å². The van der Waals surface area contributed by atoms with E-state index in [-0.39, 0.29) is 17.6 Å². The van der Waals surface area contributed by atoms with Gasteiger partial charge in [0.05, 0.1) is 25.5 Å². The van der Waals surface area contributed by atoms with Gasteiger partial charge >= 0.3 is 0 Å². The van der Waals surface area contributed by atoms with Crippen molar-refractivity contribution >= 4 is 11.8 Å². The van der Waals surface area contributed by atoms with Crippen molar-refractivity contribution in [2.45, 2.75) is 0 Å². The maximum atomic E-state index is 13.1. The number of piperazine rings is 1. The molecule has 0 spiro atoms. The van der Waals surface area contributed by atoms with Crippen LogP contribution in [0.1, 0.15) is 10.5 Å².